The van der Waals surface area contributed by atoms with Crippen LogP contribution in [0.3, 0.4) is 0 Å². The van der Waals surface area contributed by atoms with E-state index in [-0.39, 0.29) is 24.2 Å². The summed E-state index contributed by atoms with van der Waals surface area (Å²) in [6, 6.07) is 5.17. The van der Waals surface area contributed by atoms with Crippen LogP contribution in [0.2, 0.25) is 0 Å². The van der Waals surface area contributed by atoms with E-state index in [0.29, 0.717) is 0 Å². The van der Waals surface area contributed by atoms with Gasteiger partial charge in [0.05, 0.1) is 6.04 Å². The first-order valence-electron chi connectivity index (χ1n) is 4.93. The van der Waals surface area contributed by atoms with Gasteiger partial charge in [-0.2, -0.15) is 0 Å². The molecule has 96 valence electrons. The number of halogens is 3. The van der Waals surface area contributed by atoms with Crippen molar-refractivity contribution in [3.63, 3.8) is 0 Å². The smallest absolute Gasteiger partial charge is 0.241 e. The maximum absolute atomic E-state index is 11.7. The van der Waals surface area contributed by atoms with Gasteiger partial charge in [0.25, 0.3) is 0 Å². The van der Waals surface area contributed by atoms with E-state index in [4.69, 9.17) is 5.73 Å². The quantitative estimate of drug-likeness (QED) is 0.718. The molecule has 1 amide bonds. The molecule has 0 aromatic heterocycles. The molecule has 6 heteroatoms. The van der Waals surface area contributed by atoms with Crippen molar-refractivity contribution in [3.05, 3.63) is 26.2 Å². The van der Waals surface area contributed by atoms with Gasteiger partial charge in [0.2, 0.25) is 5.91 Å². The van der Waals surface area contributed by atoms with Gasteiger partial charge in [-0.3, -0.25) is 4.79 Å². The number of carbonyl (C=O) groups excluding carboxylic acids is 1. The summed E-state index contributed by atoms with van der Waals surface area (Å²) in [7, 11) is 0. The first kappa shape index (κ1) is 17.2. The van der Waals surface area contributed by atoms with Crippen molar-refractivity contribution in [2.24, 2.45) is 11.7 Å². The van der Waals surface area contributed by atoms with Crippen LogP contribution in [0.5, 0.6) is 0 Å². The fourth-order valence-corrected chi connectivity index (χ4v) is 1.86. The third-order valence-corrected chi connectivity index (χ3v) is 4.53. The van der Waals surface area contributed by atoms with Gasteiger partial charge in [-0.25, -0.2) is 0 Å². The Hall–Kier alpha value is 0.150. The van der Waals surface area contributed by atoms with E-state index in [1.165, 1.54) is 0 Å². The zero-order valence-corrected chi connectivity index (χ0v) is 14.1. The van der Waals surface area contributed by atoms with Crippen molar-refractivity contribution in [1.82, 2.24) is 0 Å². The standard InChI is InChI=1S/C11H14BrIN2O.ClH/c1-6(2)10(14)11(16)15-7-3-4-8(12)9(13)5-7;/h3-6,10H,14H2,1-2H3,(H,15,16);1H/t10-;/m1./s1. The van der Waals surface area contributed by atoms with Gasteiger partial charge < -0.3 is 11.1 Å². The van der Waals surface area contributed by atoms with Crippen molar-refractivity contribution in [2.45, 2.75) is 19.9 Å². The lowest BCUT2D eigenvalue weighted by atomic mass is 10.1. The van der Waals surface area contributed by atoms with E-state index in [9.17, 15) is 4.79 Å². The summed E-state index contributed by atoms with van der Waals surface area (Å²) in [5.74, 6) is -0.0114. The van der Waals surface area contributed by atoms with Gasteiger partial charge in [0.1, 0.15) is 0 Å². The fourth-order valence-electron chi connectivity index (χ4n) is 1.10. The van der Waals surface area contributed by atoms with E-state index in [1.807, 2.05) is 32.0 Å². The van der Waals surface area contributed by atoms with Gasteiger partial charge in [-0.1, -0.05) is 13.8 Å². The maximum atomic E-state index is 11.7. The van der Waals surface area contributed by atoms with Crippen LogP contribution in [-0.2, 0) is 4.79 Å². The molecule has 1 atom stereocenters. The van der Waals surface area contributed by atoms with Crippen LogP contribution in [0.1, 0.15) is 13.8 Å². The number of amides is 1. The number of hydrogen-bond acceptors (Lipinski definition) is 2. The van der Waals surface area contributed by atoms with Gasteiger partial charge in [-0.15, -0.1) is 12.4 Å². The van der Waals surface area contributed by atoms with Crippen LogP contribution in [0, 0.1) is 9.49 Å². The third-order valence-electron chi connectivity index (χ3n) is 2.21. The number of anilines is 1. The van der Waals surface area contributed by atoms with Crippen molar-refractivity contribution in [1.29, 1.82) is 0 Å². The molecule has 3 N–H and O–H groups in total. The average Bonchev–Trinajstić information content (AvgIpc) is 2.22. The molecule has 1 aromatic carbocycles. The molecule has 17 heavy (non-hydrogen) atoms. The topological polar surface area (TPSA) is 55.1 Å². The van der Waals surface area contributed by atoms with Crippen molar-refractivity contribution in [2.75, 3.05) is 5.32 Å². The first-order chi connectivity index (χ1) is 7.41. The van der Waals surface area contributed by atoms with Gasteiger partial charge in [0, 0.05) is 13.7 Å². The predicted octanol–water partition coefficient (Wildman–Crippen LogP) is 3.40. The SMILES string of the molecule is CC(C)[C@@H](N)C(=O)Nc1ccc(Br)c(I)c1.Cl. The van der Waals surface area contributed by atoms with Gasteiger partial charge in [0.15, 0.2) is 0 Å². The van der Waals surface area contributed by atoms with Crippen LogP contribution < -0.4 is 11.1 Å². The summed E-state index contributed by atoms with van der Waals surface area (Å²) in [6.07, 6.45) is 0. The largest absolute Gasteiger partial charge is 0.325 e. The Morgan fingerprint density at radius 3 is 2.53 bits per heavy atom. The molecular formula is C11H15BrClIN2O. The highest BCUT2D eigenvalue weighted by Gasteiger charge is 2.17. The van der Waals surface area contributed by atoms with E-state index in [1.54, 1.807) is 0 Å². The molecule has 0 spiro atoms. The van der Waals surface area contributed by atoms with Crippen molar-refractivity contribution >= 4 is 62.5 Å². The van der Waals surface area contributed by atoms with E-state index in [2.05, 4.69) is 43.8 Å². The van der Waals surface area contributed by atoms with Gasteiger partial charge in [-0.05, 0) is 62.6 Å². The Labute approximate surface area is 130 Å². The lowest BCUT2D eigenvalue weighted by Crippen LogP contribution is -2.39. The molecular weight excluding hydrogens is 418 g/mol. The number of nitrogens with two attached hydrogens (primary N) is 1. The second kappa shape index (κ2) is 7.56. The Morgan fingerprint density at radius 2 is 2.06 bits per heavy atom. The molecule has 0 aliphatic carbocycles. The van der Waals surface area contributed by atoms with E-state index < -0.39 is 6.04 Å². The summed E-state index contributed by atoms with van der Waals surface area (Å²) in [4.78, 5) is 11.7. The minimum Gasteiger partial charge on any atom is -0.325 e. The zero-order chi connectivity index (χ0) is 12.3. The first-order valence-corrected chi connectivity index (χ1v) is 6.80. The highest BCUT2D eigenvalue weighted by Crippen LogP contribution is 2.22. The summed E-state index contributed by atoms with van der Waals surface area (Å²) in [5.41, 5.74) is 6.52. The van der Waals surface area contributed by atoms with E-state index in [0.717, 1.165) is 13.7 Å². The molecule has 0 saturated carbocycles. The molecule has 0 aliphatic heterocycles. The summed E-state index contributed by atoms with van der Waals surface area (Å²) in [5, 5.41) is 2.80. The minimum absolute atomic E-state index is 0. The summed E-state index contributed by atoms with van der Waals surface area (Å²) >= 11 is 5.60. The normalized spacial score (nSPS) is 11.9. The van der Waals surface area contributed by atoms with Crippen LogP contribution in [-0.4, -0.2) is 11.9 Å². The Morgan fingerprint density at radius 1 is 1.47 bits per heavy atom. The molecule has 0 radical (unpaired) electrons. The van der Waals surface area contributed by atoms with Crippen LogP contribution in [0.4, 0.5) is 5.69 Å². The average molecular weight is 434 g/mol. The van der Waals surface area contributed by atoms with Crippen molar-refractivity contribution in [3.8, 4) is 0 Å². The van der Waals surface area contributed by atoms with Crippen LogP contribution in [0.25, 0.3) is 0 Å². The zero-order valence-electron chi connectivity index (χ0n) is 9.54. The number of hydrogen-bond donors (Lipinski definition) is 2. The lowest BCUT2D eigenvalue weighted by molar-refractivity contribution is -0.118. The molecule has 0 heterocycles. The predicted molar refractivity (Wildman–Crippen MR) is 85.6 cm³/mol. The molecule has 0 bridgehead atoms. The Bertz CT molecular complexity index is 401. The monoisotopic (exact) mass is 432 g/mol. The Balaban J connectivity index is 0.00000256. The number of carbonyl (C=O) groups is 1. The third kappa shape index (κ3) is 5.11. The molecule has 3 nitrogen and oxygen atoms in total. The van der Waals surface area contributed by atoms with Gasteiger partial charge >= 0.3 is 0 Å². The minimum atomic E-state index is -0.471. The second-order valence-corrected chi connectivity index (χ2v) is 5.90. The maximum Gasteiger partial charge on any atom is 0.241 e. The second-order valence-electron chi connectivity index (χ2n) is 3.89. The summed E-state index contributed by atoms with van der Waals surface area (Å²) < 4.78 is 2.06. The highest BCUT2D eigenvalue weighted by molar-refractivity contribution is 14.1. The van der Waals surface area contributed by atoms with Crippen LogP contribution in [0.15, 0.2) is 22.7 Å². The number of rotatable bonds is 3. The highest BCUT2D eigenvalue weighted by atomic mass is 127. The lowest BCUT2D eigenvalue weighted by Gasteiger charge is -2.15. The number of nitrogens with one attached hydrogen (secondary N) is 1. The number of benzene rings is 1. The molecule has 1 aromatic rings. The molecule has 0 aliphatic rings. The van der Waals surface area contributed by atoms with E-state index >= 15 is 0 Å². The molecule has 1 rings (SSSR count). The summed E-state index contributed by atoms with van der Waals surface area (Å²) in [6.45, 7) is 3.85. The Kier molecular flexibility index (Phi) is 7.62. The molecule has 0 fully saturated rings. The fraction of sp³-hybridized carbons (Fsp3) is 0.364. The van der Waals surface area contributed by atoms with Crippen molar-refractivity contribution < 1.29 is 4.79 Å². The molecule has 0 unspecified atom stereocenters. The van der Waals surface area contributed by atoms with Crippen LogP contribution >= 0.6 is 50.9 Å². The molecule has 0 saturated heterocycles.